The van der Waals surface area contributed by atoms with Crippen LogP contribution in [-0.4, -0.2) is 22.6 Å². The van der Waals surface area contributed by atoms with Gasteiger partial charge in [-0.15, -0.1) is 0 Å². The molecule has 1 N–H and O–H groups in total. The number of ether oxygens (including phenoxy) is 1. The second-order valence-corrected chi connectivity index (χ2v) is 6.92. The number of nitrogens with zero attached hydrogens (tertiary/aromatic N) is 2. The Morgan fingerprint density at radius 1 is 0.966 bits per heavy atom. The fraction of sp³-hybridized carbons (Fsp3) is 0.0833. The van der Waals surface area contributed by atoms with Gasteiger partial charge in [0.05, 0.1) is 29.7 Å². The first kappa shape index (κ1) is 17.3. The van der Waals surface area contributed by atoms with Crippen molar-refractivity contribution in [2.24, 2.45) is 0 Å². The molecule has 1 aromatic heterocycles. The van der Waals surface area contributed by atoms with Crippen molar-refractivity contribution in [2.75, 3.05) is 12.4 Å². The quantitative estimate of drug-likeness (QED) is 0.514. The molecule has 0 amide bonds. The van der Waals surface area contributed by atoms with Gasteiger partial charge in [-0.25, -0.2) is 9.78 Å². The molecule has 4 aromatic rings. The van der Waals surface area contributed by atoms with Gasteiger partial charge in [0.25, 0.3) is 0 Å². The Morgan fingerprint density at radius 3 is 2.45 bits per heavy atom. The number of nitrogens with one attached hydrogen (secondary N) is 1. The zero-order valence-electron chi connectivity index (χ0n) is 15.9. The van der Waals surface area contributed by atoms with Crippen molar-refractivity contribution in [3.05, 3.63) is 102 Å². The first-order chi connectivity index (χ1) is 14.2. The van der Waals surface area contributed by atoms with Crippen molar-refractivity contribution in [2.45, 2.75) is 6.04 Å². The number of methoxy groups -OCH3 is 1. The van der Waals surface area contributed by atoms with Crippen molar-refractivity contribution in [1.29, 1.82) is 0 Å². The van der Waals surface area contributed by atoms with Crippen LogP contribution in [0.5, 0.6) is 0 Å². The van der Waals surface area contributed by atoms with E-state index in [1.807, 2.05) is 48.5 Å². The van der Waals surface area contributed by atoms with Crippen LogP contribution in [0.4, 0.5) is 5.95 Å². The van der Waals surface area contributed by atoms with E-state index in [-0.39, 0.29) is 12.0 Å². The second kappa shape index (κ2) is 6.95. The van der Waals surface area contributed by atoms with Crippen LogP contribution < -0.4 is 5.32 Å². The summed E-state index contributed by atoms with van der Waals surface area (Å²) >= 11 is 0. The highest BCUT2D eigenvalue weighted by molar-refractivity contribution is 5.89. The average Bonchev–Trinajstić information content (AvgIpc) is 3.17. The highest BCUT2D eigenvalue weighted by atomic mass is 16.5. The van der Waals surface area contributed by atoms with Gasteiger partial charge in [-0.3, -0.25) is 4.57 Å². The Hall–Kier alpha value is -3.86. The molecule has 0 saturated carbocycles. The summed E-state index contributed by atoms with van der Waals surface area (Å²) in [6, 6.07) is 25.8. The lowest BCUT2D eigenvalue weighted by Crippen LogP contribution is -2.19. The maximum Gasteiger partial charge on any atom is 0.337 e. The minimum atomic E-state index is -0.337. The average molecular weight is 381 g/mol. The van der Waals surface area contributed by atoms with E-state index < -0.39 is 0 Å². The predicted molar refractivity (Wildman–Crippen MR) is 114 cm³/mol. The maximum atomic E-state index is 11.8. The first-order valence-corrected chi connectivity index (χ1v) is 9.44. The topological polar surface area (TPSA) is 56.1 Å². The van der Waals surface area contributed by atoms with Crippen molar-refractivity contribution < 1.29 is 9.53 Å². The van der Waals surface area contributed by atoms with Crippen molar-refractivity contribution in [3.8, 4) is 0 Å². The second-order valence-electron chi connectivity index (χ2n) is 6.92. The van der Waals surface area contributed by atoms with Crippen molar-refractivity contribution in [1.82, 2.24) is 9.55 Å². The number of aromatic nitrogens is 2. The molecule has 0 unspecified atom stereocenters. The van der Waals surface area contributed by atoms with Gasteiger partial charge in [0, 0.05) is 5.70 Å². The summed E-state index contributed by atoms with van der Waals surface area (Å²) in [5.74, 6) is 0.464. The van der Waals surface area contributed by atoms with E-state index in [4.69, 9.17) is 9.72 Å². The molecule has 29 heavy (non-hydrogen) atoms. The number of allylic oxidation sites excluding steroid dienone is 1. The summed E-state index contributed by atoms with van der Waals surface area (Å²) < 4.78 is 7.01. The minimum absolute atomic E-state index is 0.0550. The Labute approximate surface area is 168 Å². The summed E-state index contributed by atoms with van der Waals surface area (Å²) in [7, 11) is 1.39. The standard InChI is InChI=1S/C24H19N3O2/c1-29-23(28)18-13-11-17(12-14-18)22-15-20(16-7-3-2-4-8-16)26-24-25-19-9-5-6-10-21(19)27(22)24/h2-15,22H,1H3,(H,25,26)/t22-/m0/s1. The summed E-state index contributed by atoms with van der Waals surface area (Å²) in [4.78, 5) is 16.6. The number of hydrogen-bond donors (Lipinski definition) is 1. The molecule has 5 rings (SSSR count). The zero-order chi connectivity index (χ0) is 19.8. The number of imidazole rings is 1. The first-order valence-electron chi connectivity index (χ1n) is 9.44. The Kier molecular flexibility index (Phi) is 4.13. The van der Waals surface area contributed by atoms with Crippen LogP contribution in [-0.2, 0) is 4.74 Å². The Morgan fingerprint density at radius 2 is 1.69 bits per heavy atom. The number of rotatable bonds is 3. The molecule has 2 heterocycles. The number of hydrogen-bond acceptors (Lipinski definition) is 4. The molecular weight excluding hydrogens is 362 g/mol. The minimum Gasteiger partial charge on any atom is -0.465 e. The number of carbonyl (C=O) groups excluding carboxylic acids is 1. The predicted octanol–water partition coefficient (Wildman–Crippen LogP) is 4.88. The summed E-state index contributed by atoms with van der Waals surface area (Å²) in [5.41, 5.74) is 5.71. The molecule has 0 radical (unpaired) electrons. The fourth-order valence-corrected chi connectivity index (χ4v) is 3.77. The van der Waals surface area contributed by atoms with Gasteiger partial charge >= 0.3 is 5.97 Å². The Bertz CT molecular complexity index is 1220. The largest absolute Gasteiger partial charge is 0.465 e. The van der Waals surface area contributed by atoms with Gasteiger partial charge in [-0.2, -0.15) is 0 Å². The number of esters is 1. The molecule has 5 nitrogen and oxygen atoms in total. The lowest BCUT2D eigenvalue weighted by Gasteiger charge is -2.26. The van der Waals surface area contributed by atoms with Crippen LogP contribution in [0.3, 0.4) is 0 Å². The van der Waals surface area contributed by atoms with E-state index in [1.54, 1.807) is 12.1 Å². The molecule has 0 saturated heterocycles. The smallest absolute Gasteiger partial charge is 0.337 e. The molecule has 0 spiro atoms. The number of carbonyl (C=O) groups is 1. The molecule has 0 aliphatic carbocycles. The Balaban J connectivity index is 1.66. The number of fused-ring (bicyclic) bond motifs is 3. The summed E-state index contributed by atoms with van der Waals surface area (Å²) in [6.45, 7) is 0. The van der Waals surface area contributed by atoms with Gasteiger partial charge in [0.15, 0.2) is 0 Å². The normalized spacial score (nSPS) is 15.3. The maximum absolute atomic E-state index is 11.8. The summed E-state index contributed by atoms with van der Waals surface area (Å²) in [6.07, 6.45) is 2.20. The van der Waals surface area contributed by atoms with Crippen LogP contribution in [0.15, 0.2) is 84.9 Å². The van der Waals surface area contributed by atoms with E-state index in [0.29, 0.717) is 5.56 Å². The van der Waals surface area contributed by atoms with Crippen LogP contribution in [0, 0.1) is 0 Å². The third-order valence-corrected chi connectivity index (χ3v) is 5.20. The van der Waals surface area contributed by atoms with Crippen LogP contribution in [0.25, 0.3) is 16.7 Å². The lowest BCUT2D eigenvalue weighted by molar-refractivity contribution is 0.0600. The summed E-state index contributed by atoms with van der Waals surface area (Å²) in [5, 5.41) is 3.48. The van der Waals surface area contributed by atoms with Gasteiger partial charge in [-0.05, 0) is 41.5 Å². The zero-order valence-corrected chi connectivity index (χ0v) is 15.9. The van der Waals surface area contributed by atoms with Gasteiger partial charge < -0.3 is 10.1 Å². The number of anilines is 1. The fourth-order valence-electron chi connectivity index (χ4n) is 3.77. The molecule has 0 bridgehead atoms. The molecule has 142 valence electrons. The third kappa shape index (κ3) is 2.97. The van der Waals surface area contributed by atoms with Gasteiger partial charge in [0.1, 0.15) is 0 Å². The number of para-hydroxylation sites is 2. The van der Waals surface area contributed by atoms with Crippen molar-refractivity contribution in [3.63, 3.8) is 0 Å². The van der Waals surface area contributed by atoms with E-state index in [0.717, 1.165) is 33.8 Å². The molecule has 1 atom stereocenters. The highest BCUT2D eigenvalue weighted by Gasteiger charge is 2.25. The van der Waals surface area contributed by atoms with E-state index >= 15 is 0 Å². The van der Waals surface area contributed by atoms with E-state index in [9.17, 15) is 4.79 Å². The van der Waals surface area contributed by atoms with Crippen LogP contribution >= 0.6 is 0 Å². The molecule has 0 fully saturated rings. The van der Waals surface area contributed by atoms with Crippen molar-refractivity contribution >= 4 is 28.6 Å². The third-order valence-electron chi connectivity index (χ3n) is 5.20. The molecule has 1 aliphatic rings. The van der Waals surface area contributed by atoms with E-state index in [2.05, 4.69) is 34.2 Å². The van der Waals surface area contributed by atoms with E-state index in [1.165, 1.54) is 7.11 Å². The monoisotopic (exact) mass is 381 g/mol. The van der Waals surface area contributed by atoms with Crippen LogP contribution in [0.1, 0.15) is 27.5 Å². The number of benzene rings is 3. The van der Waals surface area contributed by atoms with Gasteiger partial charge in [0.2, 0.25) is 5.95 Å². The molecule has 3 aromatic carbocycles. The molecule has 1 aliphatic heterocycles. The van der Waals surface area contributed by atoms with Gasteiger partial charge in [-0.1, -0.05) is 54.6 Å². The molecular formula is C24H19N3O2. The van der Waals surface area contributed by atoms with Crippen LogP contribution in [0.2, 0.25) is 0 Å². The molecule has 5 heteroatoms. The SMILES string of the molecule is COC(=O)c1ccc([C@@H]2C=C(c3ccccc3)Nc3nc4ccccc4n32)cc1. The lowest BCUT2D eigenvalue weighted by atomic mass is 10.00. The highest BCUT2D eigenvalue weighted by Crippen LogP contribution is 2.36.